The van der Waals surface area contributed by atoms with Crippen molar-refractivity contribution < 1.29 is 14.8 Å². The van der Waals surface area contributed by atoms with Gasteiger partial charge in [0, 0.05) is 9.79 Å². The quantitative estimate of drug-likeness (QED) is 0.448. The van der Waals surface area contributed by atoms with E-state index in [1.807, 2.05) is 62.4 Å². The van der Waals surface area contributed by atoms with Crippen molar-refractivity contribution in [1.29, 1.82) is 0 Å². The molecule has 0 unspecified atom stereocenters. The van der Waals surface area contributed by atoms with E-state index in [4.69, 9.17) is 0 Å². The smallest absolute Gasteiger partial charge is 0.132 e. The number of nitrogens with two attached hydrogens (primary N) is 1. The average molecular weight is 492 g/mol. The third-order valence-electron chi connectivity index (χ3n) is 6.32. The van der Waals surface area contributed by atoms with Gasteiger partial charge in [-0.1, -0.05) is 71.0 Å². The fourth-order valence-electron chi connectivity index (χ4n) is 4.51. The van der Waals surface area contributed by atoms with Gasteiger partial charge in [0.15, 0.2) is 0 Å². The Kier molecular flexibility index (Phi) is 10.7. The molecule has 176 valence electrons. The van der Waals surface area contributed by atoms with E-state index >= 15 is 0 Å². The first kappa shape index (κ1) is 25.9. The molecule has 0 radical (unpaired) electrons. The number of benzene rings is 2. The molecule has 0 aliphatic heterocycles. The highest BCUT2D eigenvalue weighted by Gasteiger charge is 2.22. The maximum atomic E-state index is 12.1. The van der Waals surface area contributed by atoms with Crippen LogP contribution in [0.4, 0.5) is 0 Å². The van der Waals surface area contributed by atoms with E-state index in [0.29, 0.717) is 0 Å². The van der Waals surface area contributed by atoms with Crippen molar-refractivity contribution in [2.75, 3.05) is 0 Å². The van der Waals surface area contributed by atoms with Crippen LogP contribution in [0.2, 0.25) is 0 Å². The highest BCUT2D eigenvalue weighted by atomic mass is 33.1. The minimum atomic E-state index is -3.58. The Balaban J connectivity index is 0.000000193. The topological polar surface area (TPSA) is 56.7 Å². The van der Waals surface area contributed by atoms with Crippen molar-refractivity contribution in [2.24, 2.45) is 0 Å². The Hall–Kier alpha value is -0.710. The molecule has 2 aliphatic carbocycles. The van der Waals surface area contributed by atoms with Crippen LogP contribution >= 0.6 is 28.5 Å². The van der Waals surface area contributed by atoms with Crippen LogP contribution in [-0.2, 0) is 4.57 Å². The summed E-state index contributed by atoms with van der Waals surface area (Å²) < 4.78 is 12.1. The van der Waals surface area contributed by atoms with Crippen molar-refractivity contribution in [1.82, 2.24) is 0 Å². The second-order valence-corrected chi connectivity index (χ2v) is 16.1. The lowest BCUT2D eigenvalue weighted by Gasteiger charge is -2.27. The molecular weight excluding hydrogens is 453 g/mol. The van der Waals surface area contributed by atoms with Gasteiger partial charge < -0.3 is 14.8 Å². The molecule has 0 heterocycles. The maximum Gasteiger partial charge on any atom is 0.132 e. The molecule has 0 saturated heterocycles. The fourth-order valence-corrected chi connectivity index (χ4v) is 9.86. The van der Waals surface area contributed by atoms with Crippen molar-refractivity contribution >= 4 is 28.5 Å². The van der Waals surface area contributed by atoms with Crippen LogP contribution in [0.3, 0.4) is 0 Å². The van der Waals surface area contributed by atoms with Gasteiger partial charge in [0.1, 0.15) is 5.77 Å². The highest BCUT2D eigenvalue weighted by Crippen LogP contribution is 2.67. The van der Waals surface area contributed by atoms with E-state index in [2.05, 4.69) is 5.32 Å². The van der Waals surface area contributed by atoms with Crippen molar-refractivity contribution in [3.8, 4) is 0 Å². The maximum absolute atomic E-state index is 12.1. The van der Waals surface area contributed by atoms with Crippen molar-refractivity contribution in [3.63, 3.8) is 0 Å². The fraction of sp³-hybridized carbons (Fsp3) is 0.538. The average Bonchev–Trinajstić information content (AvgIpc) is 2.79. The minimum absolute atomic E-state index is 0.753. The number of rotatable bonds is 6. The first-order valence-corrected chi connectivity index (χ1v) is 16.5. The molecule has 2 saturated carbocycles. The van der Waals surface area contributed by atoms with Crippen LogP contribution < -0.4 is 10.2 Å². The van der Waals surface area contributed by atoms with Crippen LogP contribution in [0, 0.1) is 13.8 Å². The minimum Gasteiger partial charge on any atom is -0.783 e. The number of quaternary nitrogens is 1. The van der Waals surface area contributed by atoms with Crippen LogP contribution in [-0.4, -0.2) is 12.1 Å². The lowest BCUT2D eigenvalue weighted by Crippen LogP contribution is -2.95. The lowest BCUT2D eigenvalue weighted by atomic mass is 9.91. The third kappa shape index (κ3) is 9.65. The summed E-state index contributed by atoms with van der Waals surface area (Å²) in [4.78, 5) is 13.6. The summed E-state index contributed by atoms with van der Waals surface area (Å²) in [6.07, 6.45) is 15.0. The molecule has 3 nitrogen and oxygen atoms in total. The van der Waals surface area contributed by atoms with E-state index < -0.39 is 5.77 Å². The van der Waals surface area contributed by atoms with Crippen LogP contribution in [0.5, 0.6) is 0 Å². The largest absolute Gasteiger partial charge is 0.783 e. The van der Waals surface area contributed by atoms with Crippen LogP contribution in [0.1, 0.15) is 75.3 Å². The molecule has 0 amide bonds. The Morgan fingerprint density at radius 3 is 1.38 bits per heavy atom. The molecule has 0 spiro atoms. The third-order valence-corrected chi connectivity index (χ3v) is 11.7. The van der Waals surface area contributed by atoms with Crippen LogP contribution in [0.25, 0.3) is 0 Å². The predicted molar refractivity (Wildman–Crippen MR) is 137 cm³/mol. The highest BCUT2D eigenvalue weighted by molar-refractivity contribution is 8.88. The normalized spacial score (nSPS) is 18.1. The monoisotopic (exact) mass is 491 g/mol. The molecule has 2 aromatic carbocycles. The summed E-state index contributed by atoms with van der Waals surface area (Å²) in [5.74, 6) is -3.58. The zero-order chi connectivity index (χ0) is 22.8. The van der Waals surface area contributed by atoms with Gasteiger partial charge >= 0.3 is 0 Å². The van der Waals surface area contributed by atoms with Gasteiger partial charge in [0.2, 0.25) is 0 Å². The molecule has 4 rings (SSSR count). The van der Waals surface area contributed by atoms with Gasteiger partial charge in [-0.15, -0.1) is 0 Å². The number of hydrogen-bond donors (Lipinski definition) is 1. The Bertz CT molecular complexity index is 778. The molecule has 2 aliphatic rings. The van der Waals surface area contributed by atoms with E-state index in [-0.39, 0.29) is 0 Å². The summed E-state index contributed by atoms with van der Waals surface area (Å²) in [5.41, 5.74) is 2.24. The van der Waals surface area contributed by atoms with Gasteiger partial charge in [-0.2, -0.15) is 0 Å². The lowest BCUT2D eigenvalue weighted by molar-refractivity contribution is -0.725. The Morgan fingerprint density at radius 2 is 1.03 bits per heavy atom. The van der Waals surface area contributed by atoms with Gasteiger partial charge in [0.05, 0.1) is 12.1 Å². The standard InChI is InChI=1S/C14H15O2PS2.C12H23N/c1-11-3-7-13(8-4-11)18-17(15,16)19-14-9-5-12(2)6-10-14;1-3-7-11(8-4-1)13-12-9-5-2-6-10-12/h3-10H,1-2H3,(H,15,16);11-13H,1-10H2. The van der Waals surface area contributed by atoms with Crippen molar-refractivity contribution in [2.45, 2.75) is 99.9 Å². The van der Waals surface area contributed by atoms with E-state index in [1.54, 1.807) is 0 Å². The zero-order valence-corrected chi connectivity index (χ0v) is 22.0. The number of hydrogen-bond acceptors (Lipinski definition) is 4. The van der Waals surface area contributed by atoms with Crippen molar-refractivity contribution in [3.05, 3.63) is 59.7 Å². The van der Waals surface area contributed by atoms with Gasteiger partial charge in [-0.3, -0.25) is 0 Å². The van der Waals surface area contributed by atoms with E-state index in [0.717, 1.165) is 55.8 Å². The zero-order valence-electron chi connectivity index (χ0n) is 19.5. The SMILES string of the molecule is C1CCC([NH2+]C2CCCCC2)CC1.Cc1ccc(SP(=O)([O-])Sc2ccc(C)cc2)cc1. The summed E-state index contributed by atoms with van der Waals surface area (Å²) in [6.45, 7) is 3.96. The predicted octanol–water partition coefficient (Wildman–Crippen LogP) is 6.87. The second-order valence-electron chi connectivity index (χ2n) is 9.24. The molecule has 32 heavy (non-hydrogen) atoms. The van der Waals surface area contributed by atoms with Gasteiger partial charge in [0.25, 0.3) is 0 Å². The summed E-state index contributed by atoms with van der Waals surface area (Å²) in [7, 11) is 0. The van der Waals surface area contributed by atoms with E-state index in [9.17, 15) is 9.46 Å². The van der Waals surface area contributed by atoms with Gasteiger partial charge in [-0.05, 0) is 89.5 Å². The molecule has 6 heteroatoms. The molecule has 0 atom stereocenters. The van der Waals surface area contributed by atoms with Gasteiger partial charge in [-0.25, -0.2) is 0 Å². The molecule has 0 aromatic heterocycles. The molecule has 0 bridgehead atoms. The molecule has 2 aromatic rings. The molecule has 2 N–H and O–H groups in total. The summed E-state index contributed by atoms with van der Waals surface area (Å²) in [5, 5.41) is 2.72. The first-order valence-electron chi connectivity index (χ1n) is 12.1. The number of aryl methyl sites for hydroxylation is 2. The Labute approximate surface area is 202 Å². The van der Waals surface area contributed by atoms with Crippen LogP contribution in [0.15, 0.2) is 58.3 Å². The summed E-state index contributed by atoms with van der Waals surface area (Å²) in [6, 6.07) is 17.0. The molecular formula is C26H38NO2PS2. The molecule has 2 fully saturated rings. The second kappa shape index (κ2) is 13.2. The van der Waals surface area contributed by atoms with E-state index in [1.165, 1.54) is 64.2 Å². The summed E-state index contributed by atoms with van der Waals surface area (Å²) >= 11 is 1.83. The first-order chi connectivity index (χ1) is 15.4. The Morgan fingerprint density at radius 1 is 0.688 bits per heavy atom.